The van der Waals surface area contributed by atoms with Crippen molar-refractivity contribution in [3.05, 3.63) is 63.4 Å². The van der Waals surface area contributed by atoms with E-state index in [1.165, 1.54) is 11.6 Å². The summed E-state index contributed by atoms with van der Waals surface area (Å²) >= 11 is 3.31. The molecule has 2 fully saturated rings. The molecule has 1 N–H and O–H groups in total. The largest absolute Gasteiger partial charge is 0.444 e. The minimum atomic E-state index is -0.576. The van der Waals surface area contributed by atoms with Gasteiger partial charge >= 0.3 is 6.09 Å². The van der Waals surface area contributed by atoms with Gasteiger partial charge in [0.15, 0.2) is 0 Å². The Morgan fingerprint density at radius 2 is 1.79 bits per heavy atom. The predicted octanol–water partition coefficient (Wildman–Crippen LogP) is 6.88. The topological polar surface area (TPSA) is 74.2 Å². The molecular weight excluding hydrogens is 563 g/mol. The quantitative estimate of drug-likeness (QED) is 0.418. The summed E-state index contributed by atoms with van der Waals surface area (Å²) in [6, 6.07) is 11.1. The number of piperidine rings is 1. The summed E-state index contributed by atoms with van der Waals surface area (Å²) in [6.45, 7) is 7.64. The van der Waals surface area contributed by atoms with Gasteiger partial charge in [0.2, 0.25) is 5.96 Å². The standard InChI is InChI=1S/C30H36BrFN4O3/c1-30(2,3)39-29(38)35-15-13-19(14-16-35)20-11-12-25-21(17-20)18-36(22-7-4-5-8-22)28(33-25)34-27(37)26-23(31)9-6-10-24(26)32/h6,9-12,17,19,22H,4-5,7-8,13-16,18H2,1-3H3,(H,33,34,37). The molecule has 2 aromatic carbocycles. The van der Waals surface area contributed by atoms with Crippen LogP contribution in [0.4, 0.5) is 14.9 Å². The molecule has 9 heteroatoms. The zero-order chi connectivity index (χ0) is 27.7. The van der Waals surface area contributed by atoms with Crippen molar-refractivity contribution in [2.75, 3.05) is 13.1 Å². The van der Waals surface area contributed by atoms with Crippen molar-refractivity contribution in [1.29, 1.82) is 0 Å². The Kier molecular flexibility index (Phi) is 7.99. The molecule has 208 valence electrons. The number of guanidine groups is 1. The monoisotopic (exact) mass is 598 g/mol. The summed E-state index contributed by atoms with van der Waals surface area (Å²) in [5, 5.41) is 2.91. The van der Waals surface area contributed by atoms with E-state index in [2.05, 4.69) is 38.3 Å². The first-order chi connectivity index (χ1) is 18.6. The minimum Gasteiger partial charge on any atom is -0.444 e. The van der Waals surface area contributed by atoms with E-state index in [4.69, 9.17) is 9.73 Å². The van der Waals surface area contributed by atoms with Gasteiger partial charge in [-0.1, -0.05) is 31.0 Å². The first kappa shape index (κ1) is 27.6. The third-order valence-electron chi connectivity index (χ3n) is 7.74. The van der Waals surface area contributed by atoms with Crippen LogP contribution in [0.5, 0.6) is 0 Å². The van der Waals surface area contributed by atoms with Gasteiger partial charge in [0.05, 0.1) is 11.3 Å². The Labute approximate surface area is 237 Å². The Morgan fingerprint density at radius 1 is 1.08 bits per heavy atom. The fraction of sp³-hybridized carbons (Fsp3) is 0.500. The predicted molar refractivity (Wildman–Crippen MR) is 153 cm³/mol. The maximum Gasteiger partial charge on any atom is 0.410 e. The van der Waals surface area contributed by atoms with Crippen LogP contribution in [0, 0.1) is 5.82 Å². The van der Waals surface area contributed by atoms with Crippen molar-refractivity contribution in [3.63, 3.8) is 0 Å². The Bertz CT molecular complexity index is 1260. The Morgan fingerprint density at radius 3 is 2.46 bits per heavy atom. The average molecular weight is 600 g/mol. The van der Waals surface area contributed by atoms with E-state index < -0.39 is 17.3 Å². The number of ether oxygens (including phenoxy) is 1. The highest BCUT2D eigenvalue weighted by Crippen LogP contribution is 2.36. The van der Waals surface area contributed by atoms with Crippen LogP contribution in [0.2, 0.25) is 0 Å². The maximum absolute atomic E-state index is 14.5. The van der Waals surface area contributed by atoms with E-state index in [9.17, 15) is 14.0 Å². The van der Waals surface area contributed by atoms with Gasteiger partial charge in [-0.2, -0.15) is 0 Å². The molecule has 5 rings (SSSR count). The maximum atomic E-state index is 14.5. The fourth-order valence-electron chi connectivity index (χ4n) is 5.75. The number of carbonyl (C=O) groups is 2. The van der Waals surface area contributed by atoms with E-state index in [0.717, 1.165) is 49.8 Å². The number of likely N-dealkylation sites (tertiary alicyclic amines) is 1. The van der Waals surface area contributed by atoms with E-state index in [1.54, 1.807) is 17.0 Å². The van der Waals surface area contributed by atoms with Crippen LogP contribution < -0.4 is 5.32 Å². The minimum absolute atomic E-state index is 0.0227. The molecule has 0 spiro atoms. The van der Waals surface area contributed by atoms with Crippen LogP contribution >= 0.6 is 15.9 Å². The lowest BCUT2D eigenvalue weighted by Crippen LogP contribution is -2.49. The lowest BCUT2D eigenvalue weighted by molar-refractivity contribution is 0.0204. The molecule has 1 saturated heterocycles. The molecule has 1 aliphatic carbocycles. The second kappa shape index (κ2) is 11.3. The highest BCUT2D eigenvalue weighted by atomic mass is 79.9. The molecule has 2 aliphatic heterocycles. The molecule has 2 heterocycles. The van der Waals surface area contributed by atoms with Crippen molar-refractivity contribution in [2.45, 2.75) is 83.4 Å². The van der Waals surface area contributed by atoms with Crippen LogP contribution in [0.25, 0.3) is 0 Å². The number of halogens is 2. The van der Waals surface area contributed by atoms with Gasteiger partial charge in [0.1, 0.15) is 11.4 Å². The van der Waals surface area contributed by atoms with E-state index in [0.29, 0.717) is 36.0 Å². The summed E-state index contributed by atoms with van der Waals surface area (Å²) in [4.78, 5) is 34.4. The number of amides is 2. The van der Waals surface area contributed by atoms with Crippen molar-refractivity contribution >= 4 is 39.6 Å². The van der Waals surface area contributed by atoms with Crippen LogP contribution in [-0.4, -0.2) is 52.5 Å². The zero-order valence-electron chi connectivity index (χ0n) is 22.8. The van der Waals surface area contributed by atoms with Gasteiger partial charge in [-0.15, -0.1) is 0 Å². The van der Waals surface area contributed by atoms with Gasteiger partial charge < -0.3 is 14.5 Å². The summed E-state index contributed by atoms with van der Waals surface area (Å²) in [6.07, 6.45) is 5.88. The van der Waals surface area contributed by atoms with Crippen molar-refractivity contribution < 1.29 is 18.7 Å². The van der Waals surface area contributed by atoms with Crippen LogP contribution in [0.1, 0.15) is 86.7 Å². The summed E-state index contributed by atoms with van der Waals surface area (Å²) < 4.78 is 20.4. The number of aliphatic imine (C=N–C) groups is 1. The molecule has 0 radical (unpaired) electrons. The molecule has 2 aromatic rings. The highest BCUT2D eigenvalue weighted by molar-refractivity contribution is 9.10. The van der Waals surface area contributed by atoms with Gasteiger partial charge in [0.25, 0.3) is 5.91 Å². The van der Waals surface area contributed by atoms with Gasteiger partial charge in [-0.25, -0.2) is 14.2 Å². The van der Waals surface area contributed by atoms with Crippen LogP contribution in [0.15, 0.2) is 45.9 Å². The van der Waals surface area contributed by atoms with E-state index >= 15 is 0 Å². The number of hydrogen-bond acceptors (Lipinski definition) is 5. The number of hydrogen-bond donors (Lipinski definition) is 1. The lowest BCUT2D eigenvalue weighted by atomic mass is 9.88. The van der Waals surface area contributed by atoms with Gasteiger partial charge in [-0.3, -0.25) is 10.1 Å². The van der Waals surface area contributed by atoms with Crippen molar-refractivity contribution in [3.8, 4) is 0 Å². The molecule has 39 heavy (non-hydrogen) atoms. The van der Waals surface area contributed by atoms with E-state index in [-0.39, 0.29) is 17.7 Å². The zero-order valence-corrected chi connectivity index (χ0v) is 24.4. The van der Waals surface area contributed by atoms with Crippen molar-refractivity contribution in [2.24, 2.45) is 4.99 Å². The molecule has 7 nitrogen and oxygen atoms in total. The first-order valence-corrected chi connectivity index (χ1v) is 14.6. The van der Waals surface area contributed by atoms with Gasteiger partial charge in [0, 0.05) is 30.1 Å². The smallest absolute Gasteiger partial charge is 0.410 e. The SMILES string of the molecule is CC(C)(C)OC(=O)N1CCC(c2ccc3c(c2)CN(C2CCCC2)C(NC(=O)c2c(F)cccc2Br)=N3)CC1. The summed E-state index contributed by atoms with van der Waals surface area (Å²) in [7, 11) is 0. The number of nitrogens with zero attached hydrogens (tertiary/aromatic N) is 3. The van der Waals surface area contributed by atoms with Gasteiger partial charge in [-0.05, 0) is 97.6 Å². The molecule has 1 saturated carbocycles. The van der Waals surface area contributed by atoms with E-state index in [1.807, 2.05) is 26.8 Å². The number of rotatable bonds is 3. The number of benzene rings is 2. The first-order valence-electron chi connectivity index (χ1n) is 13.8. The highest BCUT2D eigenvalue weighted by Gasteiger charge is 2.32. The molecular formula is C30H36BrFN4O3. The third-order valence-corrected chi connectivity index (χ3v) is 8.40. The molecule has 2 amide bonds. The Balaban J connectivity index is 1.34. The van der Waals surface area contributed by atoms with Crippen LogP contribution in [0.3, 0.4) is 0 Å². The second-order valence-electron chi connectivity index (χ2n) is 11.7. The lowest BCUT2D eigenvalue weighted by Gasteiger charge is -2.36. The molecule has 3 aliphatic rings. The number of fused-ring (bicyclic) bond motifs is 1. The molecule has 0 atom stereocenters. The molecule has 0 aromatic heterocycles. The number of carbonyl (C=O) groups excluding carboxylic acids is 2. The fourth-order valence-corrected chi connectivity index (χ4v) is 6.27. The van der Waals surface area contributed by atoms with Crippen molar-refractivity contribution in [1.82, 2.24) is 15.1 Å². The second-order valence-corrected chi connectivity index (χ2v) is 12.5. The Hall–Kier alpha value is -2.94. The number of nitrogens with one attached hydrogen (secondary N) is 1. The molecule has 0 unspecified atom stereocenters. The average Bonchev–Trinajstić information content (AvgIpc) is 3.42. The summed E-state index contributed by atoms with van der Waals surface area (Å²) in [5.74, 6) is -0.252. The normalized spacial score (nSPS) is 18.5. The summed E-state index contributed by atoms with van der Waals surface area (Å²) in [5.41, 5.74) is 2.68. The van der Waals surface area contributed by atoms with Crippen LogP contribution in [-0.2, 0) is 11.3 Å². The third kappa shape index (κ3) is 6.29. The molecule has 0 bridgehead atoms.